The molecule has 13 heavy (non-hydrogen) atoms. The molecule has 0 unspecified atom stereocenters. The molecule has 0 bridgehead atoms. The fourth-order valence-electron chi connectivity index (χ4n) is 0.697. The van der Waals surface area contributed by atoms with Crippen molar-refractivity contribution < 1.29 is 9.53 Å². The Morgan fingerprint density at radius 3 is 2.85 bits per heavy atom. The molecule has 0 aliphatic heterocycles. The third kappa shape index (κ3) is 5.68. The normalized spacial score (nSPS) is 10.3. The van der Waals surface area contributed by atoms with Gasteiger partial charge in [-0.3, -0.25) is 0 Å². The zero-order chi connectivity index (χ0) is 10.1. The van der Waals surface area contributed by atoms with Crippen molar-refractivity contribution in [1.82, 2.24) is 0 Å². The van der Waals surface area contributed by atoms with E-state index in [0.717, 1.165) is 25.3 Å². The highest BCUT2D eigenvalue weighted by Gasteiger charge is 2.00. The Morgan fingerprint density at radius 2 is 2.38 bits per heavy atom. The van der Waals surface area contributed by atoms with Crippen molar-refractivity contribution in [3.05, 3.63) is 24.5 Å². The standard InChI is InChI=1S/C10H13NO2/c1-3-5-6-7-9(8-11)13-10(12)4-2/h4,7H,2-3,5-6H2,1H3/b9-7+. The van der Waals surface area contributed by atoms with Crippen molar-refractivity contribution in [3.8, 4) is 6.07 Å². The summed E-state index contributed by atoms with van der Waals surface area (Å²) in [5.41, 5.74) is 0. The Balaban J connectivity index is 4.03. The van der Waals surface area contributed by atoms with Crippen LogP contribution in [0.5, 0.6) is 0 Å². The Labute approximate surface area is 78.3 Å². The van der Waals surface area contributed by atoms with Crippen molar-refractivity contribution in [2.45, 2.75) is 26.2 Å². The van der Waals surface area contributed by atoms with Crippen molar-refractivity contribution in [3.63, 3.8) is 0 Å². The van der Waals surface area contributed by atoms with Gasteiger partial charge in [-0.05, 0) is 18.9 Å². The molecule has 0 rings (SSSR count). The second-order valence-corrected chi connectivity index (χ2v) is 2.45. The molecule has 0 heterocycles. The number of unbranched alkanes of at least 4 members (excludes halogenated alkanes) is 2. The van der Waals surface area contributed by atoms with Crippen molar-refractivity contribution in [2.24, 2.45) is 0 Å². The topological polar surface area (TPSA) is 50.1 Å². The highest BCUT2D eigenvalue weighted by molar-refractivity contribution is 5.82. The number of rotatable bonds is 5. The van der Waals surface area contributed by atoms with E-state index < -0.39 is 5.97 Å². The third-order valence-corrected chi connectivity index (χ3v) is 1.37. The molecule has 0 radical (unpaired) electrons. The maximum Gasteiger partial charge on any atom is 0.336 e. The molecule has 0 atom stereocenters. The van der Waals surface area contributed by atoms with Crippen molar-refractivity contribution in [1.29, 1.82) is 5.26 Å². The molecule has 0 saturated carbocycles. The molecule has 0 aliphatic carbocycles. The lowest BCUT2D eigenvalue weighted by atomic mass is 10.2. The average molecular weight is 179 g/mol. The van der Waals surface area contributed by atoms with Crippen LogP contribution in [0.2, 0.25) is 0 Å². The third-order valence-electron chi connectivity index (χ3n) is 1.37. The van der Waals surface area contributed by atoms with Crippen LogP contribution in [0.1, 0.15) is 26.2 Å². The lowest BCUT2D eigenvalue weighted by Crippen LogP contribution is -1.98. The molecule has 0 fully saturated rings. The number of carbonyl (C=O) groups excluding carboxylic acids is 1. The van der Waals surface area contributed by atoms with E-state index in [1.807, 2.05) is 0 Å². The minimum absolute atomic E-state index is 0.0540. The molecule has 0 N–H and O–H groups in total. The van der Waals surface area contributed by atoms with Gasteiger partial charge in [-0.15, -0.1) is 0 Å². The lowest BCUT2D eigenvalue weighted by Gasteiger charge is -1.97. The van der Waals surface area contributed by atoms with Gasteiger partial charge in [0.05, 0.1) is 0 Å². The zero-order valence-electron chi connectivity index (χ0n) is 7.75. The predicted octanol–water partition coefficient (Wildman–Crippen LogP) is 2.31. The largest absolute Gasteiger partial charge is 0.412 e. The number of carbonyl (C=O) groups is 1. The quantitative estimate of drug-likeness (QED) is 0.214. The van der Waals surface area contributed by atoms with E-state index in [1.165, 1.54) is 0 Å². The molecule has 0 amide bonds. The molecular weight excluding hydrogens is 166 g/mol. The van der Waals surface area contributed by atoms with Crippen LogP contribution in [0.4, 0.5) is 0 Å². The molecule has 0 aromatic rings. The first kappa shape index (κ1) is 11.4. The fourth-order valence-corrected chi connectivity index (χ4v) is 0.697. The summed E-state index contributed by atoms with van der Waals surface area (Å²) in [5, 5.41) is 8.54. The van der Waals surface area contributed by atoms with E-state index in [2.05, 4.69) is 18.2 Å². The maximum absolute atomic E-state index is 10.7. The van der Waals surface area contributed by atoms with Gasteiger partial charge in [0.1, 0.15) is 6.07 Å². The number of allylic oxidation sites excluding steroid dienone is 2. The predicted molar refractivity (Wildman–Crippen MR) is 49.5 cm³/mol. The summed E-state index contributed by atoms with van der Waals surface area (Å²) in [5.74, 6) is -0.539. The Hall–Kier alpha value is -1.56. The van der Waals surface area contributed by atoms with Crippen molar-refractivity contribution in [2.75, 3.05) is 0 Å². The number of nitrogens with zero attached hydrogens (tertiary/aromatic N) is 1. The van der Waals surface area contributed by atoms with Crippen LogP contribution in [0, 0.1) is 11.3 Å². The summed E-state index contributed by atoms with van der Waals surface area (Å²) < 4.78 is 4.64. The molecule has 70 valence electrons. The van der Waals surface area contributed by atoms with Crippen LogP contribution >= 0.6 is 0 Å². The van der Waals surface area contributed by atoms with Gasteiger partial charge >= 0.3 is 5.97 Å². The molecule has 0 aromatic heterocycles. The van der Waals surface area contributed by atoms with E-state index in [1.54, 1.807) is 12.1 Å². The van der Waals surface area contributed by atoms with Gasteiger partial charge in [-0.25, -0.2) is 4.79 Å². The molecular formula is C10H13NO2. The average Bonchev–Trinajstić information content (AvgIpc) is 2.16. The van der Waals surface area contributed by atoms with Crippen LogP contribution in [0.3, 0.4) is 0 Å². The smallest absolute Gasteiger partial charge is 0.336 e. The minimum Gasteiger partial charge on any atom is -0.412 e. The first-order chi connectivity index (χ1) is 6.24. The Kier molecular flexibility index (Phi) is 6.26. The summed E-state index contributed by atoms with van der Waals surface area (Å²) in [6.07, 6.45) is 5.43. The second kappa shape index (κ2) is 7.11. The van der Waals surface area contributed by atoms with E-state index >= 15 is 0 Å². The van der Waals surface area contributed by atoms with Crippen LogP contribution in [0.15, 0.2) is 24.5 Å². The van der Waals surface area contributed by atoms with Gasteiger partial charge < -0.3 is 4.74 Å². The van der Waals surface area contributed by atoms with E-state index in [9.17, 15) is 4.79 Å². The summed E-state index contributed by atoms with van der Waals surface area (Å²) in [4.78, 5) is 10.7. The molecule has 0 saturated heterocycles. The highest BCUT2D eigenvalue weighted by atomic mass is 16.5. The summed E-state index contributed by atoms with van der Waals surface area (Å²) in [6, 6.07) is 1.80. The van der Waals surface area contributed by atoms with Gasteiger partial charge in [-0.1, -0.05) is 19.9 Å². The van der Waals surface area contributed by atoms with Gasteiger partial charge in [0.2, 0.25) is 5.76 Å². The summed E-state index contributed by atoms with van der Waals surface area (Å²) in [6.45, 7) is 5.28. The van der Waals surface area contributed by atoms with E-state index in [0.29, 0.717) is 0 Å². The van der Waals surface area contributed by atoms with E-state index in [-0.39, 0.29) is 5.76 Å². The van der Waals surface area contributed by atoms with Crippen LogP contribution < -0.4 is 0 Å². The molecule has 0 aliphatic rings. The number of nitriles is 1. The summed E-state index contributed by atoms with van der Waals surface area (Å²) >= 11 is 0. The van der Waals surface area contributed by atoms with Crippen LogP contribution in [-0.4, -0.2) is 5.97 Å². The number of esters is 1. The monoisotopic (exact) mass is 179 g/mol. The zero-order valence-corrected chi connectivity index (χ0v) is 7.75. The molecule has 3 nitrogen and oxygen atoms in total. The molecule has 3 heteroatoms. The maximum atomic E-state index is 10.7. The van der Waals surface area contributed by atoms with Gasteiger partial charge in [0.25, 0.3) is 0 Å². The first-order valence-electron chi connectivity index (χ1n) is 4.19. The van der Waals surface area contributed by atoms with Gasteiger partial charge in [-0.2, -0.15) is 5.26 Å². The SMILES string of the molecule is C=CC(=O)O/C(C#N)=C/CCCC. The van der Waals surface area contributed by atoms with Gasteiger partial charge in [0.15, 0.2) is 0 Å². The number of hydrogen-bond acceptors (Lipinski definition) is 3. The van der Waals surface area contributed by atoms with Crippen LogP contribution in [0.25, 0.3) is 0 Å². The molecule has 0 aromatic carbocycles. The highest BCUT2D eigenvalue weighted by Crippen LogP contribution is 2.02. The van der Waals surface area contributed by atoms with Gasteiger partial charge in [0, 0.05) is 6.08 Å². The number of ether oxygens (including phenoxy) is 1. The molecule has 0 spiro atoms. The minimum atomic E-state index is -0.593. The lowest BCUT2D eigenvalue weighted by molar-refractivity contribution is -0.133. The first-order valence-corrected chi connectivity index (χ1v) is 4.19. The second-order valence-electron chi connectivity index (χ2n) is 2.45. The fraction of sp³-hybridized carbons (Fsp3) is 0.400. The summed E-state index contributed by atoms with van der Waals surface area (Å²) in [7, 11) is 0. The Morgan fingerprint density at radius 1 is 1.69 bits per heavy atom. The Bertz CT molecular complexity index is 248. The number of hydrogen-bond donors (Lipinski definition) is 0. The van der Waals surface area contributed by atoms with Crippen molar-refractivity contribution >= 4 is 5.97 Å². The van der Waals surface area contributed by atoms with E-state index in [4.69, 9.17) is 5.26 Å². The van der Waals surface area contributed by atoms with Crippen LogP contribution in [-0.2, 0) is 9.53 Å².